The second kappa shape index (κ2) is 6.39. The third-order valence-corrected chi connectivity index (χ3v) is 4.00. The van der Waals surface area contributed by atoms with Crippen molar-refractivity contribution < 1.29 is 0 Å². The van der Waals surface area contributed by atoms with E-state index in [0.29, 0.717) is 12.1 Å². The summed E-state index contributed by atoms with van der Waals surface area (Å²) >= 11 is 0. The highest BCUT2D eigenvalue weighted by molar-refractivity contribution is 4.91. The van der Waals surface area contributed by atoms with Crippen LogP contribution in [0.4, 0.5) is 0 Å². The van der Waals surface area contributed by atoms with Crippen LogP contribution in [-0.4, -0.2) is 61.7 Å². The third kappa shape index (κ3) is 3.99. The van der Waals surface area contributed by atoms with E-state index in [4.69, 9.17) is 6.42 Å². The zero-order chi connectivity index (χ0) is 12.1. The van der Waals surface area contributed by atoms with E-state index in [1.165, 1.54) is 38.8 Å². The summed E-state index contributed by atoms with van der Waals surface area (Å²) in [7, 11) is 2.23. The quantitative estimate of drug-likeness (QED) is 0.729. The van der Waals surface area contributed by atoms with E-state index < -0.39 is 0 Å². The second-order valence-corrected chi connectivity index (χ2v) is 5.52. The second-order valence-electron chi connectivity index (χ2n) is 5.52. The molecule has 2 aliphatic rings. The Morgan fingerprint density at radius 2 is 1.94 bits per heavy atom. The van der Waals surface area contributed by atoms with Crippen molar-refractivity contribution in [3.05, 3.63) is 0 Å². The van der Waals surface area contributed by atoms with E-state index in [1.54, 1.807) is 0 Å². The molecule has 0 aromatic rings. The van der Waals surface area contributed by atoms with Gasteiger partial charge in [0.05, 0.1) is 6.54 Å². The number of likely N-dealkylation sites (tertiary alicyclic amines) is 2. The Hall–Kier alpha value is -0.560. The van der Waals surface area contributed by atoms with Crippen LogP contribution in [0.15, 0.2) is 0 Å². The molecule has 0 spiro atoms. The van der Waals surface area contributed by atoms with Crippen molar-refractivity contribution in [2.75, 3.05) is 39.8 Å². The molecule has 0 amide bonds. The lowest BCUT2D eigenvalue weighted by Crippen LogP contribution is -2.51. The van der Waals surface area contributed by atoms with Gasteiger partial charge >= 0.3 is 0 Å². The first-order chi connectivity index (χ1) is 8.28. The Kier molecular flexibility index (Phi) is 4.85. The lowest BCUT2D eigenvalue weighted by Gasteiger charge is -2.37. The van der Waals surface area contributed by atoms with Gasteiger partial charge < -0.3 is 10.2 Å². The molecule has 3 heteroatoms. The van der Waals surface area contributed by atoms with Gasteiger partial charge in [-0.1, -0.05) is 5.92 Å². The largest absolute Gasteiger partial charge is 0.310 e. The molecule has 0 aliphatic carbocycles. The first kappa shape index (κ1) is 12.9. The average Bonchev–Trinajstić information content (AvgIpc) is 2.32. The van der Waals surface area contributed by atoms with Crippen molar-refractivity contribution in [1.82, 2.24) is 15.1 Å². The van der Waals surface area contributed by atoms with Crippen LogP contribution >= 0.6 is 0 Å². The molecule has 0 radical (unpaired) electrons. The molecule has 2 fully saturated rings. The number of likely N-dealkylation sites (N-methyl/N-ethyl adjacent to an activating group) is 1. The highest BCUT2D eigenvalue weighted by atomic mass is 15.2. The summed E-state index contributed by atoms with van der Waals surface area (Å²) < 4.78 is 0. The van der Waals surface area contributed by atoms with Crippen LogP contribution in [0.5, 0.6) is 0 Å². The van der Waals surface area contributed by atoms with Gasteiger partial charge in [0.15, 0.2) is 0 Å². The maximum atomic E-state index is 5.35. The maximum Gasteiger partial charge on any atom is 0.0598 e. The fraction of sp³-hybridized carbons (Fsp3) is 0.857. The van der Waals surface area contributed by atoms with Crippen molar-refractivity contribution in [2.45, 2.75) is 37.8 Å². The summed E-state index contributed by atoms with van der Waals surface area (Å²) in [6.45, 7) is 5.61. The molecule has 0 bridgehead atoms. The number of hydrogen-bond acceptors (Lipinski definition) is 3. The molecule has 2 aliphatic heterocycles. The summed E-state index contributed by atoms with van der Waals surface area (Å²) in [5, 5.41) is 3.83. The SMILES string of the molecule is C#CCN1CCC(NC2CCCN(C)C2)CC1. The van der Waals surface area contributed by atoms with Gasteiger partial charge in [-0.3, -0.25) is 4.90 Å². The van der Waals surface area contributed by atoms with Crippen LogP contribution in [0, 0.1) is 12.3 Å². The van der Waals surface area contributed by atoms with Crippen molar-refractivity contribution in [3.63, 3.8) is 0 Å². The molecule has 0 saturated carbocycles. The van der Waals surface area contributed by atoms with Crippen LogP contribution in [-0.2, 0) is 0 Å². The molecule has 1 unspecified atom stereocenters. The Bertz CT molecular complexity index is 263. The first-order valence-corrected chi connectivity index (χ1v) is 6.88. The van der Waals surface area contributed by atoms with Crippen LogP contribution in [0.1, 0.15) is 25.7 Å². The summed E-state index contributed by atoms with van der Waals surface area (Å²) in [5.41, 5.74) is 0. The summed E-state index contributed by atoms with van der Waals surface area (Å²) in [6.07, 6.45) is 10.5. The number of piperidine rings is 2. The predicted octanol–water partition coefficient (Wildman–Crippen LogP) is 0.768. The molecule has 2 rings (SSSR count). The zero-order valence-corrected chi connectivity index (χ0v) is 11.0. The molecule has 2 heterocycles. The molecule has 1 atom stereocenters. The van der Waals surface area contributed by atoms with Gasteiger partial charge in [-0.25, -0.2) is 0 Å². The lowest BCUT2D eigenvalue weighted by atomic mass is 10.0. The number of rotatable bonds is 3. The average molecular weight is 235 g/mol. The Balaban J connectivity index is 1.69. The minimum atomic E-state index is 0.706. The van der Waals surface area contributed by atoms with Crippen molar-refractivity contribution in [1.29, 1.82) is 0 Å². The monoisotopic (exact) mass is 235 g/mol. The van der Waals surface area contributed by atoms with Crippen molar-refractivity contribution >= 4 is 0 Å². The van der Waals surface area contributed by atoms with Gasteiger partial charge in [-0.2, -0.15) is 0 Å². The summed E-state index contributed by atoms with van der Waals surface area (Å²) in [5.74, 6) is 2.74. The fourth-order valence-electron chi connectivity index (χ4n) is 3.02. The fourth-order valence-corrected chi connectivity index (χ4v) is 3.02. The molecular weight excluding hydrogens is 210 g/mol. The first-order valence-electron chi connectivity index (χ1n) is 6.88. The van der Waals surface area contributed by atoms with E-state index in [-0.39, 0.29) is 0 Å². The van der Waals surface area contributed by atoms with Gasteiger partial charge in [0.1, 0.15) is 0 Å². The van der Waals surface area contributed by atoms with E-state index in [9.17, 15) is 0 Å². The van der Waals surface area contributed by atoms with Gasteiger partial charge in [-0.15, -0.1) is 6.42 Å². The Morgan fingerprint density at radius 1 is 1.18 bits per heavy atom. The Morgan fingerprint density at radius 3 is 2.59 bits per heavy atom. The molecule has 1 N–H and O–H groups in total. The maximum absolute atomic E-state index is 5.35. The van der Waals surface area contributed by atoms with Crippen LogP contribution in [0.3, 0.4) is 0 Å². The molecule has 17 heavy (non-hydrogen) atoms. The highest BCUT2D eigenvalue weighted by Gasteiger charge is 2.23. The minimum Gasteiger partial charge on any atom is -0.310 e. The van der Waals surface area contributed by atoms with Crippen LogP contribution in [0.2, 0.25) is 0 Å². The van der Waals surface area contributed by atoms with E-state index in [0.717, 1.165) is 19.6 Å². The summed E-state index contributed by atoms with van der Waals surface area (Å²) in [6, 6.07) is 1.42. The van der Waals surface area contributed by atoms with Crippen molar-refractivity contribution in [3.8, 4) is 12.3 Å². The van der Waals surface area contributed by atoms with Gasteiger partial charge in [0.2, 0.25) is 0 Å². The summed E-state index contributed by atoms with van der Waals surface area (Å²) in [4.78, 5) is 4.82. The van der Waals surface area contributed by atoms with Crippen LogP contribution < -0.4 is 5.32 Å². The molecular formula is C14H25N3. The molecule has 96 valence electrons. The van der Waals surface area contributed by atoms with Crippen LogP contribution in [0.25, 0.3) is 0 Å². The highest BCUT2D eigenvalue weighted by Crippen LogP contribution is 2.14. The lowest BCUT2D eigenvalue weighted by molar-refractivity contribution is 0.175. The number of terminal acetylenes is 1. The van der Waals surface area contributed by atoms with Gasteiger partial charge in [0, 0.05) is 31.7 Å². The molecule has 3 nitrogen and oxygen atoms in total. The number of hydrogen-bond donors (Lipinski definition) is 1. The molecule has 2 saturated heterocycles. The third-order valence-electron chi connectivity index (χ3n) is 4.00. The molecule has 0 aromatic heterocycles. The predicted molar refractivity (Wildman–Crippen MR) is 71.9 cm³/mol. The number of nitrogens with one attached hydrogen (secondary N) is 1. The normalized spacial score (nSPS) is 29.1. The smallest absolute Gasteiger partial charge is 0.0598 e. The number of nitrogens with zero attached hydrogens (tertiary/aromatic N) is 2. The van der Waals surface area contributed by atoms with E-state index in [2.05, 4.69) is 28.1 Å². The standard InChI is InChI=1S/C14H25N3/c1-3-8-17-10-6-13(7-11-17)15-14-5-4-9-16(2)12-14/h1,13-15H,4-12H2,2H3. The zero-order valence-electron chi connectivity index (χ0n) is 11.0. The molecule has 0 aromatic carbocycles. The van der Waals surface area contributed by atoms with Crippen molar-refractivity contribution in [2.24, 2.45) is 0 Å². The Labute approximate surface area is 106 Å². The van der Waals surface area contributed by atoms with E-state index >= 15 is 0 Å². The topological polar surface area (TPSA) is 18.5 Å². The van der Waals surface area contributed by atoms with Gasteiger partial charge in [-0.05, 0) is 39.3 Å². The minimum absolute atomic E-state index is 0.706. The van der Waals surface area contributed by atoms with E-state index in [1.807, 2.05) is 0 Å². The van der Waals surface area contributed by atoms with Gasteiger partial charge in [0.25, 0.3) is 0 Å².